The second kappa shape index (κ2) is 5.33. The van der Waals surface area contributed by atoms with Crippen molar-refractivity contribution in [2.45, 2.75) is 39.7 Å². The lowest BCUT2D eigenvalue weighted by Crippen LogP contribution is -2.35. The SMILES string of the molecule is CCOC(=O)c1ccc(C(O)C2CC(C)(C)C2)cc1. The highest BCUT2D eigenvalue weighted by Crippen LogP contribution is 2.50. The van der Waals surface area contributed by atoms with Gasteiger partial charge >= 0.3 is 5.97 Å². The summed E-state index contributed by atoms with van der Waals surface area (Å²) in [6, 6.07) is 7.09. The number of aliphatic hydroxyl groups excluding tert-OH is 1. The average Bonchev–Trinajstić information content (AvgIpc) is 2.35. The van der Waals surface area contributed by atoms with E-state index in [1.165, 1.54) is 0 Å². The Hall–Kier alpha value is -1.35. The minimum absolute atomic E-state index is 0.312. The van der Waals surface area contributed by atoms with Crippen molar-refractivity contribution in [2.75, 3.05) is 6.61 Å². The molecule has 3 heteroatoms. The predicted octanol–water partition coefficient (Wildman–Crippen LogP) is 3.33. The van der Waals surface area contributed by atoms with E-state index in [9.17, 15) is 9.90 Å². The molecule has 3 nitrogen and oxygen atoms in total. The van der Waals surface area contributed by atoms with Gasteiger partial charge in [0.05, 0.1) is 18.3 Å². The summed E-state index contributed by atoms with van der Waals surface area (Å²) in [4.78, 5) is 11.5. The van der Waals surface area contributed by atoms with Crippen molar-refractivity contribution in [1.29, 1.82) is 0 Å². The molecule has 1 fully saturated rings. The first-order valence-electron chi connectivity index (χ1n) is 6.88. The molecule has 0 radical (unpaired) electrons. The van der Waals surface area contributed by atoms with E-state index in [1.807, 2.05) is 12.1 Å². The first-order valence-corrected chi connectivity index (χ1v) is 6.88. The number of carbonyl (C=O) groups excluding carboxylic acids is 1. The molecule has 1 aromatic carbocycles. The fourth-order valence-electron chi connectivity index (χ4n) is 2.89. The van der Waals surface area contributed by atoms with Crippen LogP contribution in [0.4, 0.5) is 0 Å². The molecular formula is C16H22O3. The van der Waals surface area contributed by atoms with Crippen molar-refractivity contribution >= 4 is 5.97 Å². The van der Waals surface area contributed by atoms with Crippen LogP contribution in [0.5, 0.6) is 0 Å². The van der Waals surface area contributed by atoms with Crippen molar-refractivity contribution in [3.8, 4) is 0 Å². The molecule has 0 aliphatic heterocycles. The molecule has 19 heavy (non-hydrogen) atoms. The van der Waals surface area contributed by atoms with E-state index < -0.39 is 6.10 Å². The Labute approximate surface area is 114 Å². The van der Waals surface area contributed by atoms with Gasteiger partial charge in [-0.3, -0.25) is 0 Å². The molecule has 1 aliphatic carbocycles. The van der Waals surface area contributed by atoms with Crippen LogP contribution >= 0.6 is 0 Å². The minimum atomic E-state index is -0.427. The van der Waals surface area contributed by atoms with Gasteiger partial charge in [-0.1, -0.05) is 26.0 Å². The fraction of sp³-hybridized carbons (Fsp3) is 0.562. The van der Waals surface area contributed by atoms with E-state index in [2.05, 4.69) is 13.8 Å². The first kappa shape index (κ1) is 14.1. The topological polar surface area (TPSA) is 46.5 Å². The standard InChI is InChI=1S/C16H22O3/c1-4-19-15(18)12-7-5-11(6-8-12)14(17)13-9-16(2,3)10-13/h5-8,13-14,17H,4,9-10H2,1-3H3. The van der Waals surface area contributed by atoms with Crippen LogP contribution in [0, 0.1) is 11.3 Å². The van der Waals surface area contributed by atoms with Crippen LogP contribution in [0.1, 0.15) is 55.6 Å². The van der Waals surface area contributed by atoms with Crippen molar-refractivity contribution in [3.05, 3.63) is 35.4 Å². The molecule has 0 aromatic heterocycles. The number of rotatable bonds is 4. The van der Waals surface area contributed by atoms with E-state index in [4.69, 9.17) is 4.74 Å². The minimum Gasteiger partial charge on any atom is -0.462 e. The van der Waals surface area contributed by atoms with E-state index in [-0.39, 0.29) is 5.97 Å². The molecule has 0 saturated heterocycles. The van der Waals surface area contributed by atoms with Gasteiger partial charge < -0.3 is 9.84 Å². The molecule has 1 aromatic rings. The fourth-order valence-corrected chi connectivity index (χ4v) is 2.89. The van der Waals surface area contributed by atoms with Gasteiger partial charge in [-0.25, -0.2) is 4.79 Å². The van der Waals surface area contributed by atoms with Crippen LogP contribution in [-0.2, 0) is 4.74 Å². The third kappa shape index (κ3) is 3.16. The zero-order chi connectivity index (χ0) is 14.0. The van der Waals surface area contributed by atoms with Crippen molar-refractivity contribution in [2.24, 2.45) is 11.3 Å². The van der Waals surface area contributed by atoms with Crippen LogP contribution in [-0.4, -0.2) is 17.7 Å². The third-order valence-electron chi connectivity index (χ3n) is 3.84. The van der Waals surface area contributed by atoms with Crippen LogP contribution in [0.3, 0.4) is 0 Å². The molecule has 104 valence electrons. The molecule has 0 amide bonds. The Bertz CT molecular complexity index is 440. The highest BCUT2D eigenvalue weighted by Gasteiger charge is 2.40. The lowest BCUT2D eigenvalue weighted by molar-refractivity contribution is -0.0147. The molecule has 0 spiro atoms. The van der Waals surface area contributed by atoms with E-state index >= 15 is 0 Å². The van der Waals surface area contributed by atoms with Gasteiger partial charge in [0.2, 0.25) is 0 Å². The summed E-state index contributed by atoms with van der Waals surface area (Å²) >= 11 is 0. The van der Waals surface area contributed by atoms with Crippen LogP contribution in [0.15, 0.2) is 24.3 Å². The smallest absolute Gasteiger partial charge is 0.338 e. The van der Waals surface area contributed by atoms with E-state index in [1.54, 1.807) is 19.1 Å². The van der Waals surface area contributed by atoms with Crippen LogP contribution < -0.4 is 0 Å². The molecule has 0 heterocycles. The number of esters is 1. The number of carbonyl (C=O) groups is 1. The zero-order valence-corrected chi connectivity index (χ0v) is 11.8. The zero-order valence-electron chi connectivity index (χ0n) is 11.8. The Morgan fingerprint density at radius 2 is 1.95 bits per heavy atom. The Kier molecular flexibility index (Phi) is 3.95. The second-order valence-corrected chi connectivity index (χ2v) is 6.12. The Morgan fingerprint density at radius 3 is 2.42 bits per heavy atom. The molecule has 1 aliphatic rings. The summed E-state index contributed by atoms with van der Waals surface area (Å²) < 4.78 is 4.93. The van der Waals surface area contributed by atoms with Gasteiger partial charge in [0.1, 0.15) is 0 Å². The van der Waals surface area contributed by atoms with Crippen LogP contribution in [0.25, 0.3) is 0 Å². The third-order valence-corrected chi connectivity index (χ3v) is 3.84. The van der Waals surface area contributed by atoms with Gasteiger partial charge in [-0.15, -0.1) is 0 Å². The maximum Gasteiger partial charge on any atom is 0.338 e. The van der Waals surface area contributed by atoms with Crippen molar-refractivity contribution < 1.29 is 14.6 Å². The summed E-state index contributed by atoms with van der Waals surface area (Å²) in [5, 5.41) is 10.3. The van der Waals surface area contributed by atoms with Gasteiger partial charge in [-0.2, -0.15) is 0 Å². The highest BCUT2D eigenvalue weighted by molar-refractivity contribution is 5.89. The van der Waals surface area contributed by atoms with E-state index in [0.717, 1.165) is 18.4 Å². The van der Waals surface area contributed by atoms with Gasteiger partial charge in [0.25, 0.3) is 0 Å². The maximum atomic E-state index is 11.5. The van der Waals surface area contributed by atoms with Crippen molar-refractivity contribution in [3.63, 3.8) is 0 Å². The number of benzene rings is 1. The van der Waals surface area contributed by atoms with Crippen LogP contribution in [0.2, 0.25) is 0 Å². The number of hydrogen-bond acceptors (Lipinski definition) is 3. The lowest BCUT2D eigenvalue weighted by atomic mass is 9.62. The average molecular weight is 262 g/mol. The maximum absolute atomic E-state index is 11.5. The largest absolute Gasteiger partial charge is 0.462 e. The van der Waals surface area contributed by atoms with Gasteiger partial charge in [-0.05, 0) is 48.8 Å². The van der Waals surface area contributed by atoms with Crippen molar-refractivity contribution in [1.82, 2.24) is 0 Å². The monoisotopic (exact) mass is 262 g/mol. The molecule has 2 rings (SSSR count). The summed E-state index contributed by atoms with van der Waals surface area (Å²) in [6.45, 7) is 6.61. The second-order valence-electron chi connectivity index (χ2n) is 6.12. The number of ether oxygens (including phenoxy) is 1. The lowest BCUT2D eigenvalue weighted by Gasteiger charge is -2.45. The highest BCUT2D eigenvalue weighted by atomic mass is 16.5. The summed E-state index contributed by atoms with van der Waals surface area (Å²) in [7, 11) is 0. The normalized spacial score (nSPS) is 19.6. The summed E-state index contributed by atoms with van der Waals surface area (Å²) in [5.41, 5.74) is 1.77. The molecular weight excluding hydrogens is 240 g/mol. The predicted molar refractivity (Wildman–Crippen MR) is 73.9 cm³/mol. The number of aliphatic hydroxyl groups is 1. The first-order chi connectivity index (χ1) is 8.93. The molecule has 1 atom stereocenters. The Morgan fingerprint density at radius 1 is 1.37 bits per heavy atom. The van der Waals surface area contributed by atoms with Gasteiger partial charge in [0.15, 0.2) is 0 Å². The molecule has 1 unspecified atom stereocenters. The quantitative estimate of drug-likeness (QED) is 0.847. The summed E-state index contributed by atoms with van der Waals surface area (Å²) in [5.74, 6) is 0.0248. The Balaban J connectivity index is 2.00. The van der Waals surface area contributed by atoms with E-state index in [0.29, 0.717) is 23.5 Å². The molecule has 0 bridgehead atoms. The summed E-state index contributed by atoms with van der Waals surface area (Å²) in [6.07, 6.45) is 1.67. The van der Waals surface area contributed by atoms with Gasteiger partial charge in [0, 0.05) is 0 Å². The number of hydrogen-bond donors (Lipinski definition) is 1. The molecule has 1 N–H and O–H groups in total. The molecule has 1 saturated carbocycles.